The van der Waals surface area contributed by atoms with Gasteiger partial charge in [-0.15, -0.1) is 0 Å². The quantitative estimate of drug-likeness (QED) is 0.585. The van der Waals surface area contributed by atoms with Gasteiger partial charge in [-0.25, -0.2) is 9.07 Å². The van der Waals surface area contributed by atoms with Gasteiger partial charge in [0, 0.05) is 30.4 Å². The summed E-state index contributed by atoms with van der Waals surface area (Å²) in [5, 5.41) is 4.60. The lowest BCUT2D eigenvalue weighted by Crippen LogP contribution is -2.28. The highest BCUT2D eigenvalue weighted by molar-refractivity contribution is 5.92. The van der Waals surface area contributed by atoms with Crippen molar-refractivity contribution in [2.45, 2.75) is 27.3 Å². The fourth-order valence-corrected chi connectivity index (χ4v) is 3.18. The predicted octanol–water partition coefficient (Wildman–Crippen LogP) is 4.69. The van der Waals surface area contributed by atoms with Crippen molar-refractivity contribution in [2.24, 2.45) is 0 Å². The number of hydrogen-bond donors (Lipinski definition) is 0. The van der Waals surface area contributed by atoms with E-state index in [1.165, 1.54) is 12.1 Å². The molecule has 0 saturated heterocycles. The molecule has 0 radical (unpaired) electrons. The number of rotatable bonds is 6. The molecule has 0 saturated carbocycles. The van der Waals surface area contributed by atoms with Crippen molar-refractivity contribution in [3.63, 3.8) is 0 Å². The number of hydrogen-bond acceptors (Lipinski definition) is 2. The largest absolute Gasteiger partial charge is 0.335 e. The smallest absolute Gasteiger partial charge is 0.246 e. The van der Waals surface area contributed by atoms with Gasteiger partial charge in [0.2, 0.25) is 5.91 Å². The Hall–Kier alpha value is -3.21. The van der Waals surface area contributed by atoms with E-state index in [2.05, 4.69) is 5.10 Å². The molecule has 1 heterocycles. The molecule has 0 fully saturated rings. The summed E-state index contributed by atoms with van der Waals surface area (Å²) in [5.41, 5.74) is 4.52. The van der Waals surface area contributed by atoms with Gasteiger partial charge in [-0.05, 0) is 56.7 Å². The summed E-state index contributed by atoms with van der Waals surface area (Å²) in [6.45, 7) is 6.75. The van der Waals surface area contributed by atoms with Crippen molar-refractivity contribution in [3.05, 3.63) is 89.0 Å². The molecular weight excluding hydrogens is 353 g/mol. The van der Waals surface area contributed by atoms with Crippen LogP contribution in [0.15, 0.2) is 60.7 Å². The van der Waals surface area contributed by atoms with E-state index in [0.717, 1.165) is 28.2 Å². The van der Waals surface area contributed by atoms with Crippen molar-refractivity contribution < 1.29 is 9.18 Å². The maximum atomic E-state index is 13.4. The molecule has 0 bridgehead atoms. The fraction of sp³-hybridized carbons (Fsp3) is 0.217. The molecule has 144 valence electrons. The topological polar surface area (TPSA) is 38.1 Å². The number of halogens is 1. The molecule has 0 spiro atoms. The Morgan fingerprint density at radius 1 is 1.14 bits per heavy atom. The average Bonchev–Trinajstić information content (AvgIpc) is 2.98. The van der Waals surface area contributed by atoms with Crippen LogP contribution in [0, 0.1) is 19.7 Å². The van der Waals surface area contributed by atoms with Crippen molar-refractivity contribution in [2.75, 3.05) is 6.54 Å². The molecule has 1 amide bonds. The Morgan fingerprint density at radius 2 is 1.89 bits per heavy atom. The van der Waals surface area contributed by atoms with Gasteiger partial charge < -0.3 is 4.90 Å². The zero-order valence-electron chi connectivity index (χ0n) is 16.4. The molecule has 0 atom stereocenters. The van der Waals surface area contributed by atoms with Crippen molar-refractivity contribution in [1.82, 2.24) is 14.7 Å². The Balaban J connectivity index is 1.79. The van der Waals surface area contributed by atoms with E-state index in [-0.39, 0.29) is 11.7 Å². The summed E-state index contributed by atoms with van der Waals surface area (Å²) < 4.78 is 15.3. The van der Waals surface area contributed by atoms with Gasteiger partial charge in [-0.1, -0.05) is 30.3 Å². The molecule has 0 unspecified atom stereocenters. The molecule has 3 aromatic rings. The Labute approximate surface area is 164 Å². The van der Waals surface area contributed by atoms with Crippen LogP contribution in [0.5, 0.6) is 0 Å². The monoisotopic (exact) mass is 377 g/mol. The lowest BCUT2D eigenvalue weighted by atomic mass is 10.1. The first-order valence-electron chi connectivity index (χ1n) is 9.32. The SMILES string of the molecule is CCN(Cc1cccc(F)c1)C(=O)C=Cc1c(C)nn(-c2ccccc2)c1C. The summed E-state index contributed by atoms with van der Waals surface area (Å²) in [6.07, 6.45) is 3.38. The highest BCUT2D eigenvalue weighted by atomic mass is 19.1. The highest BCUT2D eigenvalue weighted by Crippen LogP contribution is 2.19. The molecular formula is C23H24FN3O. The summed E-state index contributed by atoms with van der Waals surface area (Å²) >= 11 is 0. The van der Waals surface area contributed by atoms with Crippen LogP contribution in [0.3, 0.4) is 0 Å². The summed E-state index contributed by atoms with van der Waals surface area (Å²) in [4.78, 5) is 14.3. The van der Waals surface area contributed by atoms with E-state index in [9.17, 15) is 9.18 Å². The summed E-state index contributed by atoms with van der Waals surface area (Å²) in [6, 6.07) is 16.2. The van der Waals surface area contributed by atoms with Crippen LogP contribution in [0.2, 0.25) is 0 Å². The Kier molecular flexibility index (Phi) is 6.04. The molecule has 0 N–H and O–H groups in total. The van der Waals surface area contributed by atoms with Gasteiger partial charge in [-0.3, -0.25) is 4.79 Å². The third-order valence-electron chi connectivity index (χ3n) is 4.70. The van der Waals surface area contributed by atoms with Crippen molar-refractivity contribution in [3.8, 4) is 5.69 Å². The molecule has 0 aliphatic heterocycles. The van der Waals surface area contributed by atoms with Gasteiger partial charge in [0.05, 0.1) is 11.4 Å². The van der Waals surface area contributed by atoms with Gasteiger partial charge in [0.1, 0.15) is 5.82 Å². The van der Waals surface area contributed by atoms with E-state index in [0.29, 0.717) is 13.1 Å². The predicted molar refractivity (Wildman–Crippen MR) is 110 cm³/mol. The second-order valence-electron chi connectivity index (χ2n) is 6.65. The lowest BCUT2D eigenvalue weighted by molar-refractivity contribution is -0.126. The van der Waals surface area contributed by atoms with Gasteiger partial charge in [0.25, 0.3) is 0 Å². The standard InChI is InChI=1S/C23H24FN3O/c1-4-26(16-19-9-8-10-20(24)15-19)23(28)14-13-22-17(2)25-27(18(22)3)21-11-6-5-7-12-21/h5-15H,4,16H2,1-3H3. The molecule has 28 heavy (non-hydrogen) atoms. The fourth-order valence-electron chi connectivity index (χ4n) is 3.18. The van der Waals surface area contributed by atoms with Crippen LogP contribution in [0.25, 0.3) is 11.8 Å². The average molecular weight is 377 g/mol. The van der Waals surface area contributed by atoms with Crippen LogP contribution >= 0.6 is 0 Å². The second kappa shape index (κ2) is 8.65. The normalized spacial score (nSPS) is 11.1. The number of aromatic nitrogens is 2. The number of likely N-dealkylation sites (N-methyl/N-ethyl adjacent to an activating group) is 1. The molecule has 2 aromatic carbocycles. The molecule has 5 heteroatoms. The molecule has 0 aliphatic carbocycles. The number of amides is 1. The molecule has 4 nitrogen and oxygen atoms in total. The number of benzene rings is 2. The maximum Gasteiger partial charge on any atom is 0.246 e. The number of nitrogens with zero attached hydrogens (tertiary/aromatic N) is 3. The van der Waals surface area contributed by atoms with Crippen LogP contribution < -0.4 is 0 Å². The Bertz CT molecular complexity index is 992. The molecule has 3 rings (SSSR count). The Morgan fingerprint density at radius 3 is 2.57 bits per heavy atom. The van der Waals surface area contributed by atoms with Crippen molar-refractivity contribution >= 4 is 12.0 Å². The van der Waals surface area contributed by atoms with E-state index in [4.69, 9.17) is 0 Å². The van der Waals surface area contributed by atoms with Crippen LogP contribution in [0.4, 0.5) is 4.39 Å². The van der Waals surface area contributed by atoms with Crippen LogP contribution in [-0.4, -0.2) is 27.1 Å². The minimum atomic E-state index is -0.295. The third-order valence-corrected chi connectivity index (χ3v) is 4.70. The number of carbonyl (C=O) groups excluding carboxylic acids is 1. The van der Waals surface area contributed by atoms with E-state index in [1.807, 2.05) is 67.9 Å². The lowest BCUT2D eigenvalue weighted by Gasteiger charge is -2.19. The molecule has 0 aliphatic rings. The number of aryl methyl sites for hydroxylation is 1. The third kappa shape index (κ3) is 4.36. The number of para-hydroxylation sites is 1. The number of carbonyl (C=O) groups is 1. The van der Waals surface area contributed by atoms with E-state index >= 15 is 0 Å². The van der Waals surface area contributed by atoms with Gasteiger partial charge in [0.15, 0.2) is 0 Å². The van der Waals surface area contributed by atoms with Crippen LogP contribution in [0.1, 0.15) is 29.4 Å². The first-order chi connectivity index (χ1) is 13.5. The summed E-state index contributed by atoms with van der Waals surface area (Å²) in [7, 11) is 0. The molecule has 1 aromatic heterocycles. The zero-order valence-corrected chi connectivity index (χ0v) is 16.4. The van der Waals surface area contributed by atoms with E-state index in [1.54, 1.807) is 17.0 Å². The minimum Gasteiger partial charge on any atom is -0.335 e. The van der Waals surface area contributed by atoms with Gasteiger partial charge >= 0.3 is 0 Å². The summed E-state index contributed by atoms with van der Waals surface area (Å²) in [5.74, 6) is -0.408. The van der Waals surface area contributed by atoms with E-state index < -0.39 is 0 Å². The van der Waals surface area contributed by atoms with Crippen molar-refractivity contribution in [1.29, 1.82) is 0 Å². The first-order valence-corrected chi connectivity index (χ1v) is 9.32. The zero-order chi connectivity index (χ0) is 20.1. The van der Waals surface area contributed by atoms with Gasteiger partial charge in [-0.2, -0.15) is 5.10 Å². The first kappa shape index (κ1) is 19.5. The second-order valence-corrected chi connectivity index (χ2v) is 6.65. The minimum absolute atomic E-state index is 0.113. The highest BCUT2D eigenvalue weighted by Gasteiger charge is 2.13. The van der Waals surface area contributed by atoms with Crippen LogP contribution in [-0.2, 0) is 11.3 Å². The maximum absolute atomic E-state index is 13.4.